The van der Waals surface area contributed by atoms with Crippen LogP contribution in [0.1, 0.15) is 39.7 Å². The molecule has 1 unspecified atom stereocenters. The number of aromatic nitrogens is 2. The Kier molecular flexibility index (Phi) is 5.18. The highest BCUT2D eigenvalue weighted by atomic mass is 16.5. The standard InChI is InChI=1S/C15H27N3O2/c1-15(2,3)20-11-14(19)10-17-7-4-13(5-8-17)18-9-6-16-12-18/h6,9,12-14,19H,4-5,7-8,10-11H2,1-3H3. The van der Waals surface area contributed by atoms with Crippen LogP contribution in [-0.2, 0) is 4.74 Å². The lowest BCUT2D eigenvalue weighted by molar-refractivity contribution is -0.0577. The average molecular weight is 281 g/mol. The van der Waals surface area contributed by atoms with Crippen molar-refractivity contribution in [2.45, 2.75) is 51.4 Å². The Morgan fingerprint density at radius 2 is 2.05 bits per heavy atom. The van der Waals surface area contributed by atoms with Gasteiger partial charge in [-0.2, -0.15) is 0 Å². The number of β-amino-alcohol motifs (C(OH)–C–C–N with tert-alkyl or cyclic N) is 1. The molecule has 0 radical (unpaired) electrons. The SMILES string of the molecule is CC(C)(C)OCC(O)CN1CCC(n2ccnc2)CC1. The second-order valence-electron chi connectivity index (χ2n) is 6.62. The molecule has 5 nitrogen and oxygen atoms in total. The molecule has 2 rings (SSSR count). The predicted molar refractivity (Wildman–Crippen MR) is 78.6 cm³/mol. The molecule has 114 valence electrons. The van der Waals surface area contributed by atoms with E-state index in [1.165, 1.54) is 0 Å². The minimum Gasteiger partial charge on any atom is -0.389 e. The highest BCUT2D eigenvalue weighted by molar-refractivity contribution is 4.84. The van der Waals surface area contributed by atoms with E-state index in [0.717, 1.165) is 25.9 Å². The molecule has 1 N–H and O–H groups in total. The van der Waals surface area contributed by atoms with Crippen LogP contribution in [0.15, 0.2) is 18.7 Å². The number of aliphatic hydroxyl groups is 1. The molecule has 1 aromatic heterocycles. The maximum Gasteiger partial charge on any atom is 0.0948 e. The van der Waals surface area contributed by atoms with Crippen LogP contribution < -0.4 is 0 Å². The van der Waals surface area contributed by atoms with E-state index in [1.54, 1.807) is 0 Å². The number of imidazole rings is 1. The minimum absolute atomic E-state index is 0.185. The summed E-state index contributed by atoms with van der Waals surface area (Å²) >= 11 is 0. The molecule has 0 saturated carbocycles. The van der Waals surface area contributed by atoms with Gasteiger partial charge < -0.3 is 19.3 Å². The van der Waals surface area contributed by atoms with Crippen LogP contribution >= 0.6 is 0 Å². The summed E-state index contributed by atoms with van der Waals surface area (Å²) in [6.45, 7) is 9.19. The molecule has 0 aliphatic carbocycles. The normalized spacial score (nSPS) is 20.2. The predicted octanol–water partition coefficient (Wildman–Crippen LogP) is 1.70. The van der Waals surface area contributed by atoms with Crippen molar-refractivity contribution in [3.05, 3.63) is 18.7 Å². The highest BCUT2D eigenvalue weighted by Gasteiger charge is 2.22. The van der Waals surface area contributed by atoms with Crippen LogP contribution in [0.5, 0.6) is 0 Å². The number of hydrogen-bond donors (Lipinski definition) is 1. The fourth-order valence-electron chi connectivity index (χ4n) is 2.58. The molecule has 0 spiro atoms. The van der Waals surface area contributed by atoms with Crippen molar-refractivity contribution in [1.29, 1.82) is 0 Å². The van der Waals surface area contributed by atoms with E-state index in [4.69, 9.17) is 4.74 Å². The first-order chi connectivity index (χ1) is 9.44. The number of hydrogen-bond acceptors (Lipinski definition) is 4. The first-order valence-electron chi connectivity index (χ1n) is 7.46. The van der Waals surface area contributed by atoms with Crippen LogP contribution in [0.2, 0.25) is 0 Å². The summed E-state index contributed by atoms with van der Waals surface area (Å²) in [4.78, 5) is 6.43. The van der Waals surface area contributed by atoms with Crippen molar-refractivity contribution in [3.63, 3.8) is 0 Å². The van der Waals surface area contributed by atoms with Crippen molar-refractivity contribution < 1.29 is 9.84 Å². The largest absolute Gasteiger partial charge is 0.389 e. The maximum atomic E-state index is 10.0. The average Bonchev–Trinajstić information content (AvgIpc) is 2.90. The maximum absolute atomic E-state index is 10.0. The first-order valence-corrected chi connectivity index (χ1v) is 7.46. The Labute approximate surface area is 121 Å². The van der Waals surface area contributed by atoms with Gasteiger partial charge in [-0.15, -0.1) is 0 Å². The van der Waals surface area contributed by atoms with E-state index in [1.807, 2.05) is 39.5 Å². The second kappa shape index (κ2) is 6.70. The van der Waals surface area contributed by atoms with Crippen molar-refractivity contribution >= 4 is 0 Å². The van der Waals surface area contributed by atoms with E-state index in [0.29, 0.717) is 19.2 Å². The number of piperidine rings is 1. The molecule has 1 saturated heterocycles. The van der Waals surface area contributed by atoms with E-state index in [-0.39, 0.29) is 5.60 Å². The summed E-state index contributed by atoms with van der Waals surface area (Å²) in [5.74, 6) is 0. The van der Waals surface area contributed by atoms with Gasteiger partial charge in [0.05, 0.1) is 24.6 Å². The monoisotopic (exact) mass is 281 g/mol. The summed E-state index contributed by atoms with van der Waals surface area (Å²) in [5, 5.41) is 10.0. The molecule has 0 amide bonds. The highest BCUT2D eigenvalue weighted by Crippen LogP contribution is 2.22. The summed E-state index contributed by atoms with van der Waals surface area (Å²) in [7, 11) is 0. The summed E-state index contributed by atoms with van der Waals surface area (Å²) in [6, 6.07) is 0.553. The lowest BCUT2D eigenvalue weighted by Crippen LogP contribution is -2.41. The Bertz CT molecular complexity index is 378. The van der Waals surface area contributed by atoms with Crippen molar-refractivity contribution in [2.24, 2.45) is 0 Å². The fraction of sp³-hybridized carbons (Fsp3) is 0.800. The van der Waals surface area contributed by atoms with Crippen LogP contribution in [0.4, 0.5) is 0 Å². The van der Waals surface area contributed by atoms with E-state index >= 15 is 0 Å². The molecule has 1 atom stereocenters. The van der Waals surface area contributed by atoms with Crippen LogP contribution in [0, 0.1) is 0 Å². The van der Waals surface area contributed by atoms with Crippen molar-refractivity contribution in [3.8, 4) is 0 Å². The Hall–Kier alpha value is -0.910. The Morgan fingerprint density at radius 3 is 2.60 bits per heavy atom. The van der Waals surface area contributed by atoms with Gasteiger partial charge in [0.15, 0.2) is 0 Å². The summed E-state index contributed by atoms with van der Waals surface area (Å²) < 4.78 is 7.81. The molecule has 1 aliphatic heterocycles. The third-order valence-corrected chi connectivity index (χ3v) is 3.68. The first kappa shape index (κ1) is 15.5. The minimum atomic E-state index is -0.404. The summed E-state index contributed by atoms with van der Waals surface area (Å²) in [5.41, 5.74) is -0.185. The third-order valence-electron chi connectivity index (χ3n) is 3.68. The molecule has 0 aromatic carbocycles. The smallest absolute Gasteiger partial charge is 0.0948 e. The number of ether oxygens (including phenoxy) is 1. The van der Waals surface area contributed by atoms with Crippen LogP contribution in [0.25, 0.3) is 0 Å². The molecule has 20 heavy (non-hydrogen) atoms. The van der Waals surface area contributed by atoms with Gasteiger partial charge in [0.25, 0.3) is 0 Å². The van der Waals surface area contributed by atoms with E-state index in [2.05, 4.69) is 14.5 Å². The molecule has 1 aromatic rings. The zero-order valence-corrected chi connectivity index (χ0v) is 12.8. The summed E-state index contributed by atoms with van der Waals surface area (Å²) in [6.07, 6.45) is 7.59. The number of likely N-dealkylation sites (tertiary alicyclic amines) is 1. The van der Waals surface area contributed by atoms with Gasteiger partial charge in [-0.25, -0.2) is 4.98 Å². The molecular formula is C15H27N3O2. The Balaban J connectivity index is 1.69. The molecular weight excluding hydrogens is 254 g/mol. The molecule has 1 aliphatic rings. The van der Waals surface area contributed by atoms with Crippen LogP contribution in [-0.4, -0.2) is 57.5 Å². The van der Waals surface area contributed by atoms with Gasteiger partial charge in [-0.05, 0) is 33.6 Å². The van der Waals surface area contributed by atoms with E-state index in [9.17, 15) is 5.11 Å². The molecule has 2 heterocycles. The topological polar surface area (TPSA) is 50.5 Å². The third kappa shape index (κ3) is 4.89. The van der Waals surface area contributed by atoms with Gasteiger partial charge in [0.2, 0.25) is 0 Å². The van der Waals surface area contributed by atoms with Gasteiger partial charge in [0.1, 0.15) is 0 Å². The van der Waals surface area contributed by atoms with Gasteiger partial charge in [-0.1, -0.05) is 0 Å². The number of aliphatic hydroxyl groups excluding tert-OH is 1. The molecule has 5 heteroatoms. The molecule has 1 fully saturated rings. The number of nitrogens with zero attached hydrogens (tertiary/aromatic N) is 3. The molecule has 0 bridgehead atoms. The Morgan fingerprint density at radius 1 is 1.35 bits per heavy atom. The van der Waals surface area contributed by atoms with Gasteiger partial charge in [-0.3, -0.25) is 0 Å². The van der Waals surface area contributed by atoms with Crippen LogP contribution in [0.3, 0.4) is 0 Å². The van der Waals surface area contributed by atoms with Crippen molar-refractivity contribution in [1.82, 2.24) is 14.5 Å². The number of rotatable bonds is 5. The van der Waals surface area contributed by atoms with Gasteiger partial charge in [0, 0.05) is 38.1 Å². The fourth-order valence-corrected chi connectivity index (χ4v) is 2.58. The zero-order chi connectivity index (χ0) is 14.6. The zero-order valence-electron chi connectivity index (χ0n) is 12.8. The lowest BCUT2D eigenvalue weighted by Gasteiger charge is -2.34. The van der Waals surface area contributed by atoms with Gasteiger partial charge >= 0.3 is 0 Å². The quantitative estimate of drug-likeness (QED) is 0.892. The second-order valence-corrected chi connectivity index (χ2v) is 6.62. The van der Waals surface area contributed by atoms with E-state index < -0.39 is 6.10 Å². The van der Waals surface area contributed by atoms with Crippen molar-refractivity contribution in [2.75, 3.05) is 26.2 Å². The lowest BCUT2D eigenvalue weighted by atomic mass is 10.0.